The molecule has 0 atom stereocenters. The lowest BCUT2D eigenvalue weighted by Crippen LogP contribution is -2.46. The minimum absolute atomic E-state index is 0.242. The van der Waals surface area contributed by atoms with Gasteiger partial charge in [-0.1, -0.05) is 48.9 Å². The molecular formula is C27H26ClN3O4S. The van der Waals surface area contributed by atoms with Gasteiger partial charge >= 0.3 is 0 Å². The number of hydrogen-bond donors (Lipinski definition) is 0. The zero-order chi connectivity index (χ0) is 25.2. The maximum Gasteiger partial charge on any atom is 0.294 e. The molecule has 0 spiro atoms. The molecule has 36 heavy (non-hydrogen) atoms. The fraction of sp³-hybridized carbons (Fsp3) is 0.296. The van der Waals surface area contributed by atoms with Gasteiger partial charge in [-0.05, 0) is 47.5 Å². The van der Waals surface area contributed by atoms with Crippen LogP contribution in [0.25, 0.3) is 17.0 Å². The number of aromatic nitrogens is 1. The third kappa shape index (κ3) is 4.93. The zero-order valence-electron chi connectivity index (χ0n) is 19.9. The number of halogens is 1. The van der Waals surface area contributed by atoms with Crippen LogP contribution in [0.5, 0.6) is 0 Å². The normalized spacial score (nSPS) is 17.6. The SMILES string of the molecule is CCc1cccc2c(/C=C3\SC(=O)N(CC(=O)N4CCOCC4)C3=O)cn(Cc3ccc(Cl)cc3)c12. The summed E-state index contributed by atoms with van der Waals surface area (Å²) >= 11 is 6.94. The lowest BCUT2D eigenvalue weighted by molar-refractivity contribution is -0.139. The average molecular weight is 524 g/mol. The first kappa shape index (κ1) is 24.6. The van der Waals surface area contributed by atoms with Crippen molar-refractivity contribution in [2.75, 3.05) is 32.8 Å². The molecule has 2 aromatic carbocycles. The van der Waals surface area contributed by atoms with Gasteiger partial charge in [0.1, 0.15) is 6.54 Å². The fourth-order valence-corrected chi connectivity index (χ4v) is 5.56. The summed E-state index contributed by atoms with van der Waals surface area (Å²) in [6, 6.07) is 13.9. The number of rotatable bonds is 6. The first-order chi connectivity index (χ1) is 17.4. The highest BCUT2D eigenvalue weighted by molar-refractivity contribution is 8.18. The predicted molar refractivity (Wildman–Crippen MR) is 142 cm³/mol. The largest absolute Gasteiger partial charge is 0.378 e. The van der Waals surface area contributed by atoms with Gasteiger partial charge < -0.3 is 14.2 Å². The molecule has 0 aliphatic carbocycles. The predicted octanol–water partition coefficient (Wildman–Crippen LogP) is 4.80. The molecule has 3 heterocycles. The lowest BCUT2D eigenvalue weighted by atomic mass is 10.1. The van der Waals surface area contributed by atoms with Crippen LogP contribution in [0.15, 0.2) is 53.6 Å². The molecule has 1 aromatic heterocycles. The number of nitrogens with zero attached hydrogens (tertiary/aromatic N) is 3. The Hall–Kier alpha value is -3.07. The monoisotopic (exact) mass is 523 g/mol. The fourth-order valence-electron chi connectivity index (χ4n) is 4.60. The van der Waals surface area contributed by atoms with Crippen LogP contribution in [0.4, 0.5) is 4.79 Å². The minimum Gasteiger partial charge on any atom is -0.378 e. The zero-order valence-corrected chi connectivity index (χ0v) is 21.5. The molecule has 0 saturated carbocycles. The van der Waals surface area contributed by atoms with E-state index < -0.39 is 11.1 Å². The number of para-hydroxylation sites is 1. The minimum atomic E-state index is -0.433. The quantitative estimate of drug-likeness (QED) is 0.434. The number of morpholine rings is 1. The smallest absolute Gasteiger partial charge is 0.294 e. The number of fused-ring (bicyclic) bond motifs is 1. The standard InChI is InChI=1S/C27H26ClN3O4S/c1-2-19-4-3-5-22-20(16-30(25(19)22)15-18-6-8-21(28)9-7-18)14-23-26(33)31(27(34)36-23)17-24(32)29-10-12-35-13-11-29/h3-9,14,16H,2,10-13,15,17H2,1H3/b23-14-. The van der Waals surface area contributed by atoms with Crippen molar-refractivity contribution in [2.24, 2.45) is 0 Å². The topological polar surface area (TPSA) is 71.9 Å². The van der Waals surface area contributed by atoms with Crippen LogP contribution in [-0.2, 0) is 27.3 Å². The molecule has 3 aromatic rings. The van der Waals surface area contributed by atoms with E-state index in [1.807, 2.05) is 42.6 Å². The van der Waals surface area contributed by atoms with E-state index in [0.717, 1.165) is 45.1 Å². The van der Waals surface area contributed by atoms with Crippen LogP contribution < -0.4 is 0 Å². The first-order valence-electron chi connectivity index (χ1n) is 11.9. The van der Waals surface area contributed by atoms with Crippen LogP contribution in [0.3, 0.4) is 0 Å². The molecule has 186 valence electrons. The maximum absolute atomic E-state index is 13.1. The molecule has 0 N–H and O–H groups in total. The summed E-state index contributed by atoms with van der Waals surface area (Å²) in [6.45, 7) is 4.38. The van der Waals surface area contributed by atoms with Crippen LogP contribution in [-0.4, -0.2) is 64.3 Å². The van der Waals surface area contributed by atoms with Gasteiger partial charge in [-0.15, -0.1) is 0 Å². The van der Waals surface area contributed by atoms with Crippen LogP contribution in [0, 0.1) is 0 Å². The molecule has 7 nitrogen and oxygen atoms in total. The van der Waals surface area contributed by atoms with E-state index in [2.05, 4.69) is 17.6 Å². The number of hydrogen-bond acceptors (Lipinski definition) is 5. The van der Waals surface area contributed by atoms with Gasteiger partial charge in [-0.2, -0.15) is 0 Å². The Balaban J connectivity index is 1.44. The summed E-state index contributed by atoms with van der Waals surface area (Å²) in [5.41, 5.74) is 4.27. The van der Waals surface area contributed by atoms with Crippen LogP contribution >= 0.6 is 23.4 Å². The second-order valence-corrected chi connectivity index (χ2v) is 10.2. The molecule has 3 amide bonds. The van der Waals surface area contributed by atoms with E-state index in [0.29, 0.717) is 42.8 Å². The van der Waals surface area contributed by atoms with E-state index in [1.54, 1.807) is 11.0 Å². The van der Waals surface area contributed by atoms with Crippen molar-refractivity contribution in [3.63, 3.8) is 0 Å². The van der Waals surface area contributed by atoms with Crippen molar-refractivity contribution in [1.29, 1.82) is 0 Å². The maximum atomic E-state index is 13.1. The molecule has 9 heteroatoms. The second kappa shape index (κ2) is 10.5. The van der Waals surface area contributed by atoms with Gasteiger partial charge in [0.05, 0.1) is 23.6 Å². The molecule has 2 saturated heterocycles. The molecule has 2 aliphatic rings. The van der Waals surface area contributed by atoms with Crippen molar-refractivity contribution >= 4 is 57.4 Å². The highest BCUT2D eigenvalue weighted by Crippen LogP contribution is 2.35. The Bertz CT molecular complexity index is 1360. The van der Waals surface area contributed by atoms with Crippen molar-refractivity contribution in [3.8, 4) is 0 Å². The van der Waals surface area contributed by atoms with Gasteiger partial charge in [0.25, 0.3) is 11.1 Å². The molecule has 5 rings (SSSR count). The van der Waals surface area contributed by atoms with E-state index >= 15 is 0 Å². The summed E-state index contributed by atoms with van der Waals surface area (Å²) in [5, 5.41) is 1.28. The molecular weight excluding hydrogens is 498 g/mol. The molecule has 0 radical (unpaired) electrons. The number of carbonyl (C=O) groups is 3. The number of amides is 3. The van der Waals surface area contributed by atoms with Gasteiger partial charge in [-0.3, -0.25) is 19.3 Å². The summed E-state index contributed by atoms with van der Waals surface area (Å²) in [6.07, 6.45) is 4.65. The summed E-state index contributed by atoms with van der Waals surface area (Å²) < 4.78 is 7.46. The highest BCUT2D eigenvalue weighted by atomic mass is 35.5. The average Bonchev–Trinajstić information content (AvgIpc) is 3.37. The Labute approximate surface area is 218 Å². The summed E-state index contributed by atoms with van der Waals surface area (Å²) in [5.74, 6) is -0.675. The highest BCUT2D eigenvalue weighted by Gasteiger charge is 2.37. The van der Waals surface area contributed by atoms with Gasteiger partial charge in [0.2, 0.25) is 5.91 Å². The van der Waals surface area contributed by atoms with Gasteiger partial charge in [0.15, 0.2) is 0 Å². The Kier molecular flexibility index (Phi) is 7.18. The van der Waals surface area contributed by atoms with E-state index in [9.17, 15) is 14.4 Å². The van der Waals surface area contributed by atoms with Gasteiger partial charge in [0, 0.05) is 41.8 Å². The van der Waals surface area contributed by atoms with Crippen molar-refractivity contribution in [2.45, 2.75) is 19.9 Å². The van der Waals surface area contributed by atoms with Crippen LogP contribution in [0.2, 0.25) is 5.02 Å². The van der Waals surface area contributed by atoms with Crippen LogP contribution in [0.1, 0.15) is 23.6 Å². The van der Waals surface area contributed by atoms with Crippen molar-refractivity contribution < 1.29 is 19.1 Å². The Morgan fingerprint density at radius 1 is 1.11 bits per heavy atom. The Morgan fingerprint density at radius 2 is 1.86 bits per heavy atom. The molecule has 0 bridgehead atoms. The van der Waals surface area contributed by atoms with Gasteiger partial charge in [-0.25, -0.2) is 0 Å². The number of imide groups is 1. The number of aryl methyl sites for hydroxylation is 1. The van der Waals surface area contributed by atoms with E-state index in [-0.39, 0.29) is 12.5 Å². The lowest BCUT2D eigenvalue weighted by Gasteiger charge is -2.28. The first-order valence-corrected chi connectivity index (χ1v) is 13.1. The number of thioether (sulfide) groups is 1. The number of benzene rings is 2. The summed E-state index contributed by atoms with van der Waals surface area (Å²) in [4.78, 5) is 41.4. The summed E-state index contributed by atoms with van der Waals surface area (Å²) in [7, 11) is 0. The number of carbonyl (C=O) groups excluding carboxylic acids is 3. The van der Waals surface area contributed by atoms with E-state index in [4.69, 9.17) is 16.3 Å². The van der Waals surface area contributed by atoms with Crippen molar-refractivity contribution in [3.05, 3.63) is 75.3 Å². The molecule has 2 fully saturated rings. The van der Waals surface area contributed by atoms with E-state index in [1.165, 1.54) is 5.56 Å². The third-order valence-electron chi connectivity index (χ3n) is 6.48. The number of ether oxygens (including phenoxy) is 1. The van der Waals surface area contributed by atoms with Crippen molar-refractivity contribution in [1.82, 2.24) is 14.4 Å². The third-order valence-corrected chi connectivity index (χ3v) is 7.64. The second-order valence-electron chi connectivity index (χ2n) is 8.77. The molecule has 0 unspecified atom stereocenters. The Morgan fingerprint density at radius 3 is 2.58 bits per heavy atom. The molecule has 2 aliphatic heterocycles.